The fourth-order valence-electron chi connectivity index (χ4n) is 2.11. The maximum Gasteiger partial charge on any atom is 0.199 e. The summed E-state index contributed by atoms with van der Waals surface area (Å²) in [6.45, 7) is 6.34. The highest BCUT2D eigenvalue weighted by Gasteiger charge is 2.30. The topological polar surface area (TPSA) is 43.4 Å². The van der Waals surface area contributed by atoms with Gasteiger partial charge in [-0.1, -0.05) is 81.4 Å². The van der Waals surface area contributed by atoms with E-state index in [1.54, 1.807) is 48.5 Å². The Bertz CT molecular complexity index is 603. The lowest BCUT2D eigenvalue weighted by Crippen LogP contribution is -2.35. The summed E-state index contributed by atoms with van der Waals surface area (Å²) in [5.41, 5.74) is 0.831. The number of ketones is 2. The zero-order chi connectivity index (χ0) is 16.9. The first-order valence-corrected chi connectivity index (χ1v) is 7.68. The van der Waals surface area contributed by atoms with Gasteiger partial charge in [0, 0.05) is 11.1 Å². The number of carbonyl (C=O) groups excluding carboxylic acids is 2. The lowest BCUT2D eigenvalue weighted by molar-refractivity contribution is 0.0157. The molecule has 0 radical (unpaired) electrons. The van der Waals surface area contributed by atoms with Crippen molar-refractivity contribution in [3.8, 4) is 0 Å². The fourth-order valence-corrected chi connectivity index (χ4v) is 2.11. The van der Waals surface area contributed by atoms with E-state index in [9.17, 15) is 9.59 Å². The van der Waals surface area contributed by atoms with Crippen molar-refractivity contribution in [3.63, 3.8) is 0 Å². The first kappa shape index (κ1) is 17.1. The number of rotatable bonds is 6. The van der Waals surface area contributed by atoms with Crippen LogP contribution < -0.4 is 0 Å². The van der Waals surface area contributed by atoms with E-state index < -0.39 is 6.10 Å². The summed E-state index contributed by atoms with van der Waals surface area (Å²) in [6.07, 6.45) is -1.11. The molecule has 0 saturated heterocycles. The molecule has 0 aromatic heterocycles. The van der Waals surface area contributed by atoms with Crippen LogP contribution in [0, 0.1) is 5.41 Å². The van der Waals surface area contributed by atoms with Crippen LogP contribution in [0.2, 0.25) is 0 Å². The van der Waals surface area contributed by atoms with Crippen molar-refractivity contribution >= 4 is 11.6 Å². The average Bonchev–Trinajstić information content (AvgIpc) is 2.55. The third kappa shape index (κ3) is 4.86. The van der Waals surface area contributed by atoms with Crippen LogP contribution in [0.15, 0.2) is 60.7 Å². The molecule has 0 amide bonds. The second-order valence-electron chi connectivity index (χ2n) is 6.71. The number of hydrogen-bond donors (Lipinski definition) is 0. The molecule has 0 heterocycles. The first-order valence-electron chi connectivity index (χ1n) is 7.68. The SMILES string of the molecule is CC(C)(C)COC(C(=O)c1ccccc1)C(=O)c1ccccc1. The fraction of sp³-hybridized carbons (Fsp3) is 0.300. The van der Waals surface area contributed by atoms with Crippen molar-refractivity contribution in [2.75, 3.05) is 6.61 Å². The Morgan fingerprint density at radius 1 is 0.826 bits per heavy atom. The van der Waals surface area contributed by atoms with Crippen LogP contribution in [0.1, 0.15) is 41.5 Å². The molecule has 2 aromatic rings. The van der Waals surface area contributed by atoms with Crippen LogP contribution in [0.3, 0.4) is 0 Å². The van der Waals surface area contributed by atoms with Gasteiger partial charge in [-0.15, -0.1) is 0 Å². The van der Waals surface area contributed by atoms with Gasteiger partial charge in [-0.3, -0.25) is 9.59 Å². The average molecular weight is 310 g/mol. The first-order chi connectivity index (χ1) is 10.9. The molecular formula is C20H22O3. The third-order valence-electron chi connectivity index (χ3n) is 3.28. The smallest absolute Gasteiger partial charge is 0.199 e. The molecule has 2 aromatic carbocycles. The van der Waals surface area contributed by atoms with Crippen molar-refractivity contribution in [2.45, 2.75) is 26.9 Å². The minimum atomic E-state index is -1.11. The maximum atomic E-state index is 12.7. The van der Waals surface area contributed by atoms with Gasteiger partial charge in [0.05, 0.1) is 6.61 Å². The van der Waals surface area contributed by atoms with E-state index in [4.69, 9.17) is 4.74 Å². The van der Waals surface area contributed by atoms with Crippen LogP contribution in [0.4, 0.5) is 0 Å². The zero-order valence-corrected chi connectivity index (χ0v) is 13.8. The maximum absolute atomic E-state index is 12.7. The molecule has 0 atom stereocenters. The minimum absolute atomic E-state index is 0.133. The summed E-state index contributed by atoms with van der Waals surface area (Å²) in [6, 6.07) is 17.6. The van der Waals surface area contributed by atoms with Gasteiger partial charge < -0.3 is 4.74 Å². The quantitative estimate of drug-likeness (QED) is 0.594. The van der Waals surface area contributed by atoms with Crippen LogP contribution >= 0.6 is 0 Å². The van der Waals surface area contributed by atoms with Gasteiger partial charge in [-0.05, 0) is 5.41 Å². The van der Waals surface area contributed by atoms with E-state index in [2.05, 4.69) is 0 Å². The Kier molecular flexibility index (Phi) is 5.45. The van der Waals surface area contributed by atoms with Gasteiger partial charge in [0.25, 0.3) is 0 Å². The monoisotopic (exact) mass is 310 g/mol. The summed E-state index contributed by atoms with van der Waals surface area (Å²) in [7, 11) is 0. The molecule has 0 aliphatic carbocycles. The van der Waals surface area contributed by atoms with Crippen molar-refractivity contribution in [3.05, 3.63) is 71.8 Å². The Morgan fingerprint density at radius 3 is 1.57 bits per heavy atom. The second kappa shape index (κ2) is 7.34. The van der Waals surface area contributed by atoms with Crippen molar-refractivity contribution in [2.24, 2.45) is 5.41 Å². The minimum Gasteiger partial charge on any atom is -0.361 e. The molecule has 2 rings (SSSR count). The molecule has 120 valence electrons. The molecule has 0 aliphatic heterocycles. The summed E-state index contributed by atoms with van der Waals surface area (Å²) in [5.74, 6) is -0.604. The van der Waals surface area contributed by atoms with Crippen LogP contribution in [-0.2, 0) is 4.74 Å². The van der Waals surface area contributed by atoms with Gasteiger partial charge >= 0.3 is 0 Å². The summed E-state index contributed by atoms with van der Waals surface area (Å²) < 4.78 is 5.74. The van der Waals surface area contributed by atoms with E-state index in [-0.39, 0.29) is 17.0 Å². The molecule has 0 spiro atoms. The lowest BCUT2D eigenvalue weighted by atomic mass is 9.96. The van der Waals surface area contributed by atoms with Crippen molar-refractivity contribution in [1.29, 1.82) is 0 Å². The number of carbonyl (C=O) groups is 2. The Balaban J connectivity index is 2.28. The summed E-state index contributed by atoms with van der Waals surface area (Å²) >= 11 is 0. The molecule has 0 fully saturated rings. The summed E-state index contributed by atoms with van der Waals surface area (Å²) in [5, 5.41) is 0. The van der Waals surface area contributed by atoms with Crippen molar-refractivity contribution < 1.29 is 14.3 Å². The predicted molar refractivity (Wildman–Crippen MR) is 90.7 cm³/mol. The molecule has 0 aliphatic rings. The normalized spacial score (nSPS) is 11.5. The number of benzene rings is 2. The molecule has 0 bridgehead atoms. The van der Waals surface area contributed by atoms with E-state index in [1.165, 1.54) is 0 Å². The van der Waals surface area contributed by atoms with E-state index in [1.807, 2.05) is 32.9 Å². The van der Waals surface area contributed by atoms with Gasteiger partial charge in [0.2, 0.25) is 0 Å². The van der Waals surface area contributed by atoms with Gasteiger partial charge in [-0.2, -0.15) is 0 Å². The molecule has 3 nitrogen and oxygen atoms in total. The molecular weight excluding hydrogens is 288 g/mol. The number of Topliss-reactive ketones (excluding diaryl/α,β-unsaturated/α-hetero) is 2. The van der Waals surface area contributed by atoms with E-state index in [0.29, 0.717) is 17.7 Å². The number of hydrogen-bond acceptors (Lipinski definition) is 3. The van der Waals surface area contributed by atoms with Gasteiger partial charge in [-0.25, -0.2) is 0 Å². The highest BCUT2D eigenvalue weighted by molar-refractivity contribution is 6.18. The summed E-state index contributed by atoms with van der Waals surface area (Å²) in [4.78, 5) is 25.5. The standard InChI is InChI=1S/C20H22O3/c1-20(2,3)14-23-19(17(21)15-10-6-4-7-11-15)18(22)16-12-8-5-9-13-16/h4-13,19H,14H2,1-3H3. The van der Waals surface area contributed by atoms with Crippen molar-refractivity contribution in [1.82, 2.24) is 0 Å². The molecule has 0 saturated carbocycles. The number of ether oxygens (including phenoxy) is 1. The zero-order valence-electron chi connectivity index (χ0n) is 13.8. The van der Waals surface area contributed by atoms with Gasteiger partial charge in [0.1, 0.15) is 0 Å². The Hall–Kier alpha value is -2.26. The lowest BCUT2D eigenvalue weighted by Gasteiger charge is -2.23. The van der Waals surface area contributed by atoms with E-state index in [0.717, 1.165) is 0 Å². The molecule has 0 N–H and O–H groups in total. The Morgan fingerprint density at radius 2 is 1.22 bits per heavy atom. The molecule has 0 unspecified atom stereocenters. The van der Waals surface area contributed by atoms with Crippen LogP contribution in [-0.4, -0.2) is 24.3 Å². The van der Waals surface area contributed by atoms with E-state index >= 15 is 0 Å². The largest absolute Gasteiger partial charge is 0.361 e. The van der Waals surface area contributed by atoms with Crippen LogP contribution in [0.5, 0.6) is 0 Å². The third-order valence-corrected chi connectivity index (χ3v) is 3.28. The predicted octanol–water partition coefficient (Wildman–Crippen LogP) is 4.18. The highest BCUT2D eigenvalue weighted by atomic mass is 16.5. The molecule has 23 heavy (non-hydrogen) atoms. The van der Waals surface area contributed by atoms with Crippen LogP contribution in [0.25, 0.3) is 0 Å². The Labute approximate surface area is 137 Å². The highest BCUT2D eigenvalue weighted by Crippen LogP contribution is 2.18. The van der Waals surface area contributed by atoms with Gasteiger partial charge in [0.15, 0.2) is 17.7 Å². The molecule has 3 heteroatoms. The second-order valence-corrected chi connectivity index (χ2v) is 6.71.